The number of carbonyl (C=O) groups is 1. The van der Waals surface area contributed by atoms with Crippen LogP contribution in [0, 0.1) is 0 Å². The van der Waals surface area contributed by atoms with Gasteiger partial charge in [-0.05, 0) is 12.1 Å². The lowest BCUT2D eigenvalue weighted by Crippen LogP contribution is -2.23. The maximum absolute atomic E-state index is 12.2. The Bertz CT molecular complexity index is 749. The number of pyridine rings is 1. The zero-order valence-corrected chi connectivity index (χ0v) is 14.1. The molecule has 1 heterocycles. The number of nitrogens with zero attached hydrogens (tertiary/aromatic N) is 1. The van der Waals surface area contributed by atoms with Crippen molar-refractivity contribution in [2.45, 2.75) is 12.7 Å². The Morgan fingerprint density at radius 2 is 1.92 bits per heavy atom. The van der Waals surface area contributed by atoms with Gasteiger partial charge in [0.15, 0.2) is 18.1 Å². The highest BCUT2D eigenvalue weighted by molar-refractivity contribution is 5.93. The van der Waals surface area contributed by atoms with E-state index in [1.54, 1.807) is 18.2 Å². The number of nitrogens with one attached hydrogen (secondary N) is 1. The maximum Gasteiger partial charge on any atom is 0.422 e. The van der Waals surface area contributed by atoms with Gasteiger partial charge in [0.05, 0.1) is 19.8 Å². The maximum atomic E-state index is 12.2. The van der Waals surface area contributed by atoms with Gasteiger partial charge in [0.25, 0.3) is 5.91 Å². The monoisotopic (exact) mass is 370 g/mol. The molecule has 1 amide bonds. The van der Waals surface area contributed by atoms with Gasteiger partial charge in [-0.15, -0.1) is 0 Å². The molecule has 0 spiro atoms. The largest absolute Gasteiger partial charge is 0.493 e. The van der Waals surface area contributed by atoms with Crippen LogP contribution in [0.3, 0.4) is 0 Å². The molecule has 140 valence electrons. The van der Waals surface area contributed by atoms with Gasteiger partial charge in [-0.1, -0.05) is 12.1 Å². The fourth-order valence-electron chi connectivity index (χ4n) is 2.13. The van der Waals surface area contributed by atoms with Crippen LogP contribution in [0.4, 0.5) is 13.2 Å². The minimum absolute atomic E-state index is 0.172. The fraction of sp³-hybridized carbons (Fsp3) is 0.294. The number of para-hydroxylation sites is 1. The minimum Gasteiger partial charge on any atom is -0.493 e. The summed E-state index contributed by atoms with van der Waals surface area (Å²) in [6, 6.07) is 7.79. The van der Waals surface area contributed by atoms with Gasteiger partial charge < -0.3 is 19.5 Å². The molecule has 2 aromatic rings. The predicted molar refractivity (Wildman–Crippen MR) is 86.5 cm³/mol. The Labute approximate surface area is 147 Å². The third-order valence-corrected chi connectivity index (χ3v) is 3.31. The summed E-state index contributed by atoms with van der Waals surface area (Å²) in [5, 5.41) is 2.68. The highest BCUT2D eigenvalue weighted by Crippen LogP contribution is 2.30. The summed E-state index contributed by atoms with van der Waals surface area (Å²) in [6.45, 7) is -1.27. The number of amides is 1. The van der Waals surface area contributed by atoms with Crippen LogP contribution in [0.15, 0.2) is 36.5 Å². The van der Waals surface area contributed by atoms with Crippen LogP contribution in [-0.2, 0) is 6.54 Å². The van der Waals surface area contributed by atoms with Crippen LogP contribution in [0.1, 0.15) is 15.9 Å². The smallest absolute Gasteiger partial charge is 0.422 e. The molecule has 0 bridgehead atoms. The Morgan fingerprint density at radius 3 is 2.50 bits per heavy atom. The molecule has 0 atom stereocenters. The Balaban J connectivity index is 1.98. The van der Waals surface area contributed by atoms with Gasteiger partial charge in [0, 0.05) is 24.4 Å². The molecule has 26 heavy (non-hydrogen) atoms. The number of benzene rings is 1. The number of hydrogen-bond donors (Lipinski definition) is 1. The molecular formula is C17H17F3N2O4. The van der Waals surface area contributed by atoms with E-state index in [2.05, 4.69) is 15.0 Å². The molecular weight excluding hydrogens is 353 g/mol. The summed E-state index contributed by atoms with van der Waals surface area (Å²) in [4.78, 5) is 15.8. The molecule has 0 saturated carbocycles. The van der Waals surface area contributed by atoms with E-state index in [0.29, 0.717) is 17.1 Å². The number of alkyl halides is 3. The third-order valence-electron chi connectivity index (χ3n) is 3.31. The molecule has 1 aromatic carbocycles. The third kappa shape index (κ3) is 5.27. The summed E-state index contributed by atoms with van der Waals surface area (Å²) in [5.74, 6) is 0.384. The van der Waals surface area contributed by atoms with Crippen LogP contribution in [0.25, 0.3) is 0 Å². The molecule has 0 aliphatic rings. The van der Waals surface area contributed by atoms with Gasteiger partial charge >= 0.3 is 6.18 Å². The second-order valence-corrected chi connectivity index (χ2v) is 5.12. The van der Waals surface area contributed by atoms with E-state index in [9.17, 15) is 18.0 Å². The quantitative estimate of drug-likeness (QED) is 0.812. The van der Waals surface area contributed by atoms with Gasteiger partial charge in [0.1, 0.15) is 0 Å². The van der Waals surface area contributed by atoms with Crippen molar-refractivity contribution in [1.29, 1.82) is 0 Å². The predicted octanol–water partition coefficient (Wildman–Crippen LogP) is 2.97. The topological polar surface area (TPSA) is 69.7 Å². The van der Waals surface area contributed by atoms with Crippen molar-refractivity contribution >= 4 is 5.91 Å². The normalized spacial score (nSPS) is 11.0. The van der Waals surface area contributed by atoms with E-state index >= 15 is 0 Å². The van der Waals surface area contributed by atoms with Crippen molar-refractivity contribution in [2.75, 3.05) is 20.8 Å². The number of halogens is 3. The highest BCUT2D eigenvalue weighted by Gasteiger charge is 2.28. The average molecular weight is 370 g/mol. The van der Waals surface area contributed by atoms with E-state index in [0.717, 1.165) is 6.20 Å². The van der Waals surface area contributed by atoms with Crippen LogP contribution in [-0.4, -0.2) is 37.9 Å². The Hall–Kier alpha value is -2.97. The summed E-state index contributed by atoms with van der Waals surface area (Å²) in [6.07, 6.45) is -3.31. The lowest BCUT2D eigenvalue weighted by atomic mass is 10.1. The van der Waals surface area contributed by atoms with Gasteiger partial charge in [-0.3, -0.25) is 4.79 Å². The Morgan fingerprint density at radius 1 is 1.15 bits per heavy atom. The molecule has 6 nitrogen and oxygen atoms in total. The highest BCUT2D eigenvalue weighted by atomic mass is 19.4. The Kier molecular flexibility index (Phi) is 6.26. The molecule has 0 fully saturated rings. The number of methoxy groups -OCH3 is 2. The first kappa shape index (κ1) is 19.4. The lowest BCUT2D eigenvalue weighted by Gasteiger charge is -2.13. The summed E-state index contributed by atoms with van der Waals surface area (Å²) in [5.41, 5.74) is 0.893. The van der Waals surface area contributed by atoms with E-state index < -0.39 is 18.7 Å². The SMILES string of the molecule is COc1cccc(CNC(=O)c2ccc(OCC(F)(F)F)nc2)c1OC. The fourth-order valence-corrected chi connectivity index (χ4v) is 2.13. The number of rotatable bonds is 7. The van der Waals surface area contributed by atoms with Crippen molar-refractivity contribution in [3.05, 3.63) is 47.7 Å². The first-order valence-electron chi connectivity index (χ1n) is 7.47. The van der Waals surface area contributed by atoms with Crippen LogP contribution >= 0.6 is 0 Å². The summed E-state index contributed by atoms with van der Waals surface area (Å²) < 4.78 is 51.2. The first-order chi connectivity index (χ1) is 12.3. The number of carbonyl (C=O) groups excluding carboxylic acids is 1. The zero-order valence-electron chi connectivity index (χ0n) is 14.1. The molecule has 0 unspecified atom stereocenters. The van der Waals surface area contributed by atoms with Gasteiger partial charge in [0.2, 0.25) is 5.88 Å². The van der Waals surface area contributed by atoms with E-state index in [1.165, 1.54) is 26.4 Å². The number of ether oxygens (including phenoxy) is 3. The van der Waals surface area contributed by atoms with Crippen molar-refractivity contribution in [3.8, 4) is 17.4 Å². The molecule has 0 aliphatic heterocycles. The molecule has 0 aliphatic carbocycles. The average Bonchev–Trinajstić information content (AvgIpc) is 2.63. The van der Waals surface area contributed by atoms with Crippen LogP contribution < -0.4 is 19.5 Å². The van der Waals surface area contributed by atoms with Crippen molar-refractivity contribution in [1.82, 2.24) is 10.3 Å². The standard InChI is InChI=1S/C17H17F3N2O4/c1-24-13-5-3-4-11(15(13)25-2)8-22-16(23)12-6-7-14(21-9-12)26-10-17(18,19)20/h3-7,9H,8,10H2,1-2H3,(H,22,23). The second-order valence-electron chi connectivity index (χ2n) is 5.12. The van der Waals surface area contributed by atoms with Gasteiger partial charge in [-0.25, -0.2) is 4.98 Å². The molecule has 0 radical (unpaired) electrons. The molecule has 9 heteroatoms. The van der Waals surface area contributed by atoms with Crippen molar-refractivity contribution in [2.24, 2.45) is 0 Å². The van der Waals surface area contributed by atoms with E-state index in [-0.39, 0.29) is 18.0 Å². The molecule has 2 rings (SSSR count). The van der Waals surface area contributed by atoms with E-state index in [4.69, 9.17) is 9.47 Å². The number of aromatic nitrogens is 1. The minimum atomic E-state index is -4.45. The molecule has 1 N–H and O–H groups in total. The van der Waals surface area contributed by atoms with Crippen molar-refractivity contribution < 1.29 is 32.2 Å². The molecule has 1 aromatic heterocycles. The lowest BCUT2D eigenvalue weighted by molar-refractivity contribution is -0.154. The van der Waals surface area contributed by atoms with Gasteiger partial charge in [-0.2, -0.15) is 13.2 Å². The zero-order chi connectivity index (χ0) is 19.2. The van der Waals surface area contributed by atoms with Crippen LogP contribution in [0.2, 0.25) is 0 Å². The first-order valence-corrected chi connectivity index (χ1v) is 7.47. The van der Waals surface area contributed by atoms with Crippen LogP contribution in [0.5, 0.6) is 17.4 Å². The number of hydrogen-bond acceptors (Lipinski definition) is 5. The molecule has 0 saturated heterocycles. The summed E-state index contributed by atoms with van der Waals surface area (Å²) in [7, 11) is 3.00. The van der Waals surface area contributed by atoms with Crippen molar-refractivity contribution in [3.63, 3.8) is 0 Å². The van der Waals surface area contributed by atoms with E-state index in [1.807, 2.05) is 0 Å². The summed E-state index contributed by atoms with van der Waals surface area (Å²) >= 11 is 0. The second kappa shape index (κ2) is 8.41.